The van der Waals surface area contributed by atoms with E-state index >= 15 is 0 Å². The van der Waals surface area contributed by atoms with E-state index in [1.807, 2.05) is 16.8 Å². The number of hydrogen-bond acceptors (Lipinski definition) is 1. The van der Waals surface area contributed by atoms with Crippen molar-refractivity contribution in [2.75, 3.05) is 0 Å². The van der Waals surface area contributed by atoms with Crippen molar-refractivity contribution in [3.63, 3.8) is 0 Å². The maximum atomic E-state index is 4.44. The predicted octanol–water partition coefficient (Wildman–Crippen LogP) is 3.21. The van der Waals surface area contributed by atoms with Crippen molar-refractivity contribution in [3.05, 3.63) is 28.9 Å². The molecule has 0 unspecified atom stereocenters. The number of fused-ring (bicyclic) bond motifs is 1. The van der Waals surface area contributed by atoms with E-state index in [0.717, 1.165) is 23.0 Å². The minimum atomic E-state index is 0.992. The fraction of sp³-hybridized carbons (Fsp3) is 0.300. The molecule has 1 heterocycles. The Morgan fingerprint density at radius 2 is 2.31 bits per heavy atom. The molecule has 13 heavy (non-hydrogen) atoms. The highest BCUT2D eigenvalue weighted by Crippen LogP contribution is 2.18. The second-order valence-corrected chi connectivity index (χ2v) is 4.01. The fourth-order valence-corrected chi connectivity index (χ4v) is 1.77. The van der Waals surface area contributed by atoms with Crippen molar-refractivity contribution in [2.45, 2.75) is 19.9 Å². The van der Waals surface area contributed by atoms with E-state index in [2.05, 4.69) is 40.2 Å². The summed E-state index contributed by atoms with van der Waals surface area (Å²) in [7, 11) is 0. The van der Waals surface area contributed by atoms with Gasteiger partial charge in [0.15, 0.2) is 0 Å². The quantitative estimate of drug-likeness (QED) is 0.786. The third-order valence-electron chi connectivity index (χ3n) is 1.97. The van der Waals surface area contributed by atoms with Gasteiger partial charge < -0.3 is 0 Å². The van der Waals surface area contributed by atoms with E-state index in [4.69, 9.17) is 0 Å². The summed E-state index contributed by atoms with van der Waals surface area (Å²) in [5.41, 5.74) is 1.07. The second kappa shape index (κ2) is 3.50. The zero-order valence-corrected chi connectivity index (χ0v) is 9.08. The molecular weight excluding hydrogens is 228 g/mol. The Morgan fingerprint density at radius 3 is 3.08 bits per heavy atom. The number of benzene rings is 1. The molecule has 0 atom stereocenters. The van der Waals surface area contributed by atoms with Gasteiger partial charge in [-0.1, -0.05) is 22.9 Å². The summed E-state index contributed by atoms with van der Waals surface area (Å²) in [4.78, 5) is 0. The molecule has 1 aromatic heterocycles. The van der Waals surface area contributed by atoms with Crippen LogP contribution in [-0.4, -0.2) is 9.78 Å². The zero-order valence-electron chi connectivity index (χ0n) is 7.50. The SMILES string of the molecule is CCCn1cc2cc(Br)ccc2n1. The van der Waals surface area contributed by atoms with Crippen molar-refractivity contribution >= 4 is 26.8 Å². The summed E-state index contributed by atoms with van der Waals surface area (Å²) < 4.78 is 3.10. The Balaban J connectivity index is 2.49. The first kappa shape index (κ1) is 8.75. The highest BCUT2D eigenvalue weighted by molar-refractivity contribution is 9.10. The molecule has 0 aliphatic carbocycles. The van der Waals surface area contributed by atoms with Crippen molar-refractivity contribution in [1.82, 2.24) is 9.78 Å². The molecule has 0 spiro atoms. The number of nitrogens with zero attached hydrogens (tertiary/aromatic N) is 2. The van der Waals surface area contributed by atoms with Gasteiger partial charge in [-0.15, -0.1) is 0 Å². The van der Waals surface area contributed by atoms with Crippen LogP contribution in [0.4, 0.5) is 0 Å². The van der Waals surface area contributed by atoms with E-state index in [0.29, 0.717) is 0 Å². The summed E-state index contributed by atoms with van der Waals surface area (Å²) >= 11 is 3.44. The van der Waals surface area contributed by atoms with Gasteiger partial charge in [-0.2, -0.15) is 5.10 Å². The summed E-state index contributed by atoms with van der Waals surface area (Å²) in [6.45, 7) is 3.15. The Hall–Kier alpha value is -0.830. The maximum absolute atomic E-state index is 4.44. The Kier molecular flexibility index (Phi) is 2.36. The Bertz CT molecular complexity index is 420. The molecular formula is C10H11BrN2. The first-order chi connectivity index (χ1) is 6.29. The van der Waals surface area contributed by atoms with Crippen molar-refractivity contribution < 1.29 is 0 Å². The molecule has 0 N–H and O–H groups in total. The van der Waals surface area contributed by atoms with Crippen LogP contribution in [0.1, 0.15) is 13.3 Å². The summed E-state index contributed by atoms with van der Waals surface area (Å²) in [6, 6.07) is 6.14. The lowest BCUT2D eigenvalue weighted by atomic mass is 10.3. The van der Waals surface area contributed by atoms with E-state index in [1.54, 1.807) is 0 Å². The molecule has 2 rings (SSSR count). The molecule has 0 aliphatic rings. The van der Waals surface area contributed by atoms with Crippen LogP contribution < -0.4 is 0 Å². The Morgan fingerprint density at radius 1 is 1.46 bits per heavy atom. The predicted molar refractivity (Wildman–Crippen MR) is 57.7 cm³/mol. The van der Waals surface area contributed by atoms with Gasteiger partial charge in [-0.25, -0.2) is 0 Å². The largest absolute Gasteiger partial charge is 0.272 e. The van der Waals surface area contributed by atoms with Crippen LogP contribution >= 0.6 is 15.9 Å². The number of hydrogen-bond donors (Lipinski definition) is 0. The average Bonchev–Trinajstić information content (AvgIpc) is 2.46. The van der Waals surface area contributed by atoms with Crippen molar-refractivity contribution in [2.24, 2.45) is 0 Å². The molecule has 3 heteroatoms. The van der Waals surface area contributed by atoms with Crippen molar-refractivity contribution in [3.8, 4) is 0 Å². The summed E-state index contributed by atoms with van der Waals surface area (Å²) in [5.74, 6) is 0. The first-order valence-electron chi connectivity index (χ1n) is 4.42. The second-order valence-electron chi connectivity index (χ2n) is 3.10. The third kappa shape index (κ3) is 1.75. The molecule has 2 aromatic rings. The van der Waals surface area contributed by atoms with E-state index in [-0.39, 0.29) is 0 Å². The van der Waals surface area contributed by atoms with Crippen molar-refractivity contribution in [1.29, 1.82) is 0 Å². The smallest absolute Gasteiger partial charge is 0.0924 e. The minimum absolute atomic E-state index is 0.992. The molecule has 68 valence electrons. The van der Waals surface area contributed by atoms with Gasteiger partial charge in [-0.05, 0) is 24.6 Å². The van der Waals surface area contributed by atoms with Crippen LogP contribution in [-0.2, 0) is 6.54 Å². The van der Waals surface area contributed by atoms with Crippen LogP contribution in [0.5, 0.6) is 0 Å². The van der Waals surface area contributed by atoms with E-state index in [9.17, 15) is 0 Å². The van der Waals surface area contributed by atoms with Gasteiger partial charge in [-0.3, -0.25) is 4.68 Å². The van der Waals surface area contributed by atoms with Gasteiger partial charge in [0.1, 0.15) is 0 Å². The lowest BCUT2D eigenvalue weighted by Gasteiger charge is -1.93. The summed E-state index contributed by atoms with van der Waals surface area (Å²) in [5, 5.41) is 5.64. The van der Waals surface area contributed by atoms with Crippen LogP contribution in [0, 0.1) is 0 Å². The molecule has 2 nitrogen and oxygen atoms in total. The molecule has 0 aliphatic heterocycles. The lowest BCUT2D eigenvalue weighted by Crippen LogP contribution is -1.95. The van der Waals surface area contributed by atoms with E-state index < -0.39 is 0 Å². The van der Waals surface area contributed by atoms with Gasteiger partial charge in [0.2, 0.25) is 0 Å². The van der Waals surface area contributed by atoms with Gasteiger partial charge in [0, 0.05) is 22.6 Å². The highest BCUT2D eigenvalue weighted by atomic mass is 79.9. The van der Waals surface area contributed by atoms with Crippen LogP contribution in [0.15, 0.2) is 28.9 Å². The molecule has 1 aromatic carbocycles. The zero-order chi connectivity index (χ0) is 9.26. The molecule has 0 saturated heterocycles. The molecule has 0 fully saturated rings. The van der Waals surface area contributed by atoms with Crippen LogP contribution in [0.25, 0.3) is 10.9 Å². The van der Waals surface area contributed by atoms with Gasteiger partial charge in [0.05, 0.1) is 5.52 Å². The molecule has 0 amide bonds. The molecule has 0 radical (unpaired) electrons. The van der Waals surface area contributed by atoms with Gasteiger partial charge in [0.25, 0.3) is 0 Å². The topological polar surface area (TPSA) is 17.8 Å². The third-order valence-corrected chi connectivity index (χ3v) is 2.46. The van der Waals surface area contributed by atoms with Crippen LogP contribution in [0.3, 0.4) is 0 Å². The Labute approximate surface area is 85.7 Å². The van der Waals surface area contributed by atoms with Crippen LogP contribution in [0.2, 0.25) is 0 Å². The normalized spacial score (nSPS) is 10.9. The average molecular weight is 239 g/mol. The highest BCUT2D eigenvalue weighted by Gasteiger charge is 1.99. The molecule has 0 saturated carbocycles. The van der Waals surface area contributed by atoms with Gasteiger partial charge >= 0.3 is 0 Å². The fourth-order valence-electron chi connectivity index (χ4n) is 1.39. The first-order valence-corrected chi connectivity index (χ1v) is 5.21. The number of halogens is 1. The maximum Gasteiger partial charge on any atom is 0.0924 e. The minimum Gasteiger partial charge on any atom is -0.272 e. The lowest BCUT2D eigenvalue weighted by molar-refractivity contribution is 0.609. The number of aryl methyl sites for hydroxylation is 1. The van der Waals surface area contributed by atoms with E-state index in [1.165, 1.54) is 5.39 Å². The number of aromatic nitrogens is 2. The standard InChI is InChI=1S/C10H11BrN2/c1-2-5-13-7-8-6-9(11)3-4-10(8)12-13/h3-4,6-7H,2,5H2,1H3. The number of rotatable bonds is 2. The monoisotopic (exact) mass is 238 g/mol. The summed E-state index contributed by atoms with van der Waals surface area (Å²) in [6.07, 6.45) is 3.21. The molecule has 0 bridgehead atoms.